The Morgan fingerprint density at radius 1 is 1.14 bits per heavy atom. The molecule has 0 radical (unpaired) electrons. The molecule has 1 aromatic heterocycles. The first kappa shape index (κ1) is 17.6. The fourth-order valence-corrected chi connectivity index (χ4v) is 6.58. The van der Waals surface area contributed by atoms with Gasteiger partial charge >= 0.3 is 0 Å². The Hall–Kier alpha value is -2.50. The van der Waals surface area contributed by atoms with Gasteiger partial charge in [-0.3, -0.25) is 9.59 Å². The van der Waals surface area contributed by atoms with Crippen LogP contribution in [0, 0.1) is 23.2 Å². The van der Waals surface area contributed by atoms with Crippen molar-refractivity contribution in [2.45, 2.75) is 51.9 Å². The topological polar surface area (TPSA) is 87.2 Å². The van der Waals surface area contributed by atoms with Gasteiger partial charge < -0.3 is 0 Å². The first-order valence-electron chi connectivity index (χ1n) is 10.3. The monoisotopic (exact) mass is 378 g/mol. The fraction of sp³-hybridized carbons (Fsp3) is 0.545. The van der Waals surface area contributed by atoms with E-state index >= 15 is 0 Å². The lowest BCUT2D eigenvalue weighted by atomic mass is 9.48. The molecule has 6 rings (SSSR count). The number of carbonyl (C=O) groups is 1. The molecule has 4 aliphatic carbocycles. The predicted molar refractivity (Wildman–Crippen MR) is 108 cm³/mol. The van der Waals surface area contributed by atoms with Crippen molar-refractivity contribution >= 4 is 22.4 Å². The molecule has 146 valence electrons. The van der Waals surface area contributed by atoms with Crippen molar-refractivity contribution in [1.82, 2.24) is 15.6 Å². The average Bonchev–Trinajstić information content (AvgIpc) is 2.65. The van der Waals surface area contributed by atoms with Crippen LogP contribution in [0.25, 0.3) is 10.8 Å². The SMILES string of the molecule is C/C(CC12CC3CC(CC(C3)C1)C2)=N/NC(=O)c1n[nH]c(=O)c2ccccc12. The second kappa shape index (κ2) is 6.54. The van der Waals surface area contributed by atoms with Crippen LogP contribution >= 0.6 is 0 Å². The molecule has 2 aromatic rings. The van der Waals surface area contributed by atoms with Crippen molar-refractivity contribution in [1.29, 1.82) is 0 Å². The molecule has 2 N–H and O–H groups in total. The lowest BCUT2D eigenvalue weighted by Gasteiger charge is -2.57. The summed E-state index contributed by atoms with van der Waals surface area (Å²) in [6.45, 7) is 2.01. The Morgan fingerprint density at radius 3 is 2.39 bits per heavy atom. The quantitative estimate of drug-likeness (QED) is 0.629. The number of benzene rings is 1. The second-order valence-corrected chi connectivity index (χ2v) is 9.33. The summed E-state index contributed by atoms with van der Waals surface area (Å²) in [5.74, 6) is 2.33. The number of carbonyl (C=O) groups excluding carboxylic acids is 1. The van der Waals surface area contributed by atoms with Gasteiger partial charge in [0.1, 0.15) is 0 Å². The Morgan fingerprint density at radius 2 is 1.75 bits per heavy atom. The summed E-state index contributed by atoms with van der Waals surface area (Å²) in [5, 5.41) is 11.7. The number of nitrogens with zero attached hydrogens (tertiary/aromatic N) is 2. The third kappa shape index (κ3) is 3.05. The van der Waals surface area contributed by atoms with Crippen LogP contribution in [0.4, 0.5) is 0 Å². The first-order valence-corrected chi connectivity index (χ1v) is 10.3. The van der Waals surface area contributed by atoms with E-state index < -0.39 is 5.91 Å². The number of H-pyrrole nitrogens is 1. The molecule has 1 aromatic carbocycles. The molecule has 0 unspecified atom stereocenters. The number of hydrazone groups is 1. The second-order valence-electron chi connectivity index (χ2n) is 9.33. The molecule has 1 heterocycles. The van der Waals surface area contributed by atoms with Crippen LogP contribution in [0.3, 0.4) is 0 Å². The number of hydrogen-bond acceptors (Lipinski definition) is 4. The molecule has 4 aliphatic rings. The van der Waals surface area contributed by atoms with Gasteiger partial charge in [-0.1, -0.05) is 18.2 Å². The maximum atomic E-state index is 12.6. The van der Waals surface area contributed by atoms with E-state index in [1.54, 1.807) is 24.3 Å². The maximum absolute atomic E-state index is 12.6. The molecule has 6 nitrogen and oxygen atoms in total. The van der Waals surface area contributed by atoms with E-state index in [4.69, 9.17) is 0 Å². The number of fused-ring (bicyclic) bond motifs is 1. The van der Waals surface area contributed by atoms with Gasteiger partial charge in [0.2, 0.25) is 0 Å². The Balaban J connectivity index is 1.32. The van der Waals surface area contributed by atoms with Crippen molar-refractivity contribution in [3.8, 4) is 0 Å². The largest absolute Gasteiger partial charge is 0.292 e. The number of hydrogen-bond donors (Lipinski definition) is 2. The standard InChI is InChI=1S/C22H26N4O2/c1-13(9-22-10-14-6-15(11-22)8-16(7-14)12-22)23-26-21(28)19-17-4-2-3-5-18(17)20(27)25-24-19/h2-5,14-16H,6-12H2,1H3,(H,25,27)(H,26,28)/b23-13-. The van der Waals surface area contributed by atoms with E-state index in [-0.39, 0.29) is 11.3 Å². The average molecular weight is 378 g/mol. The van der Waals surface area contributed by atoms with Crippen LogP contribution in [-0.2, 0) is 0 Å². The Labute approximate surface area is 163 Å². The minimum Gasteiger partial charge on any atom is -0.267 e. The highest BCUT2D eigenvalue weighted by molar-refractivity contribution is 6.05. The molecule has 0 saturated heterocycles. The van der Waals surface area contributed by atoms with Crippen molar-refractivity contribution < 1.29 is 4.79 Å². The smallest absolute Gasteiger partial charge is 0.267 e. The van der Waals surface area contributed by atoms with E-state index in [0.29, 0.717) is 16.2 Å². The van der Waals surface area contributed by atoms with Gasteiger partial charge in [0.15, 0.2) is 5.69 Å². The minimum atomic E-state index is -0.391. The zero-order chi connectivity index (χ0) is 19.3. The van der Waals surface area contributed by atoms with Crippen LogP contribution in [0.5, 0.6) is 0 Å². The highest BCUT2D eigenvalue weighted by Crippen LogP contribution is 2.61. The van der Waals surface area contributed by atoms with E-state index in [1.165, 1.54) is 38.5 Å². The molecule has 1 amide bonds. The van der Waals surface area contributed by atoms with Gasteiger partial charge in [-0.15, -0.1) is 0 Å². The Bertz CT molecular complexity index is 987. The number of nitrogens with one attached hydrogen (secondary N) is 2. The maximum Gasteiger partial charge on any atom is 0.292 e. The summed E-state index contributed by atoms with van der Waals surface area (Å²) >= 11 is 0. The van der Waals surface area contributed by atoms with Crippen LogP contribution in [-0.4, -0.2) is 21.8 Å². The van der Waals surface area contributed by atoms with E-state index in [9.17, 15) is 9.59 Å². The predicted octanol–water partition coefficient (Wildman–Crippen LogP) is 3.64. The van der Waals surface area contributed by atoms with Crippen LogP contribution in [0.2, 0.25) is 0 Å². The highest BCUT2D eigenvalue weighted by atomic mass is 16.2. The van der Waals surface area contributed by atoms with Gasteiger partial charge in [-0.05, 0) is 81.1 Å². The molecule has 4 saturated carbocycles. The third-order valence-corrected chi connectivity index (χ3v) is 7.06. The van der Waals surface area contributed by atoms with Gasteiger partial charge in [0.05, 0.1) is 5.39 Å². The van der Waals surface area contributed by atoms with Crippen molar-refractivity contribution in [2.75, 3.05) is 0 Å². The summed E-state index contributed by atoms with van der Waals surface area (Å²) in [7, 11) is 0. The van der Waals surface area contributed by atoms with E-state index in [2.05, 4.69) is 20.7 Å². The van der Waals surface area contributed by atoms with Gasteiger partial charge in [-0.2, -0.15) is 10.2 Å². The summed E-state index contributed by atoms with van der Waals surface area (Å²) in [4.78, 5) is 24.5. The summed E-state index contributed by atoms with van der Waals surface area (Å²) < 4.78 is 0. The number of rotatable bonds is 4. The van der Waals surface area contributed by atoms with Crippen LogP contribution in [0.15, 0.2) is 34.2 Å². The first-order chi connectivity index (χ1) is 13.5. The third-order valence-electron chi connectivity index (χ3n) is 7.06. The molecule has 4 fully saturated rings. The Kier molecular flexibility index (Phi) is 4.11. The molecule has 0 spiro atoms. The van der Waals surface area contributed by atoms with Crippen molar-refractivity contribution in [2.24, 2.45) is 28.3 Å². The molecule has 0 aliphatic heterocycles. The van der Waals surface area contributed by atoms with Crippen LogP contribution in [0.1, 0.15) is 62.4 Å². The molecular formula is C22H26N4O2. The van der Waals surface area contributed by atoms with Gasteiger partial charge in [-0.25, -0.2) is 10.5 Å². The van der Waals surface area contributed by atoms with Crippen molar-refractivity contribution in [3.63, 3.8) is 0 Å². The molecule has 4 bridgehead atoms. The summed E-state index contributed by atoms with van der Waals surface area (Å²) in [6, 6.07) is 6.99. The van der Waals surface area contributed by atoms with Crippen molar-refractivity contribution in [3.05, 3.63) is 40.3 Å². The molecular weight excluding hydrogens is 352 g/mol. The van der Waals surface area contributed by atoms with E-state index in [0.717, 1.165) is 29.9 Å². The number of aromatic nitrogens is 2. The molecule has 28 heavy (non-hydrogen) atoms. The lowest BCUT2D eigenvalue weighted by Crippen LogP contribution is -2.46. The van der Waals surface area contributed by atoms with E-state index in [1.807, 2.05) is 6.92 Å². The molecule has 6 heteroatoms. The number of amides is 1. The normalized spacial score (nSPS) is 31.3. The van der Waals surface area contributed by atoms with Gasteiger partial charge in [0, 0.05) is 11.1 Å². The number of aromatic amines is 1. The summed E-state index contributed by atoms with van der Waals surface area (Å²) in [6.07, 6.45) is 9.23. The zero-order valence-electron chi connectivity index (χ0n) is 16.2. The van der Waals surface area contributed by atoms with Crippen LogP contribution < -0.4 is 11.0 Å². The minimum absolute atomic E-state index is 0.196. The molecule has 0 atom stereocenters. The highest BCUT2D eigenvalue weighted by Gasteiger charge is 2.50. The fourth-order valence-electron chi connectivity index (χ4n) is 6.58. The summed E-state index contributed by atoms with van der Waals surface area (Å²) in [5.41, 5.74) is 3.93. The van der Waals surface area contributed by atoms with Gasteiger partial charge in [0.25, 0.3) is 11.5 Å². The zero-order valence-corrected chi connectivity index (χ0v) is 16.2. The lowest BCUT2D eigenvalue weighted by molar-refractivity contribution is -0.0482.